The van der Waals surface area contributed by atoms with E-state index in [0.717, 1.165) is 18.4 Å². The highest BCUT2D eigenvalue weighted by Crippen LogP contribution is 2.31. The molecule has 3 unspecified atom stereocenters. The minimum atomic E-state index is -0.681. The predicted octanol–water partition coefficient (Wildman–Crippen LogP) is 3.78. The lowest BCUT2D eigenvalue weighted by Crippen LogP contribution is -2.42. The standard InChI is InChI=1S/C16H31NO2/c1-5-17(13(4)11-16(18)19)15-8-6-7-14(9-10-15)12(2)3/h12-15H,5-11H2,1-4H3,(H,18,19). The monoisotopic (exact) mass is 269 g/mol. The Labute approximate surface area is 118 Å². The third kappa shape index (κ3) is 5.13. The quantitative estimate of drug-likeness (QED) is 0.746. The van der Waals surface area contributed by atoms with Crippen molar-refractivity contribution in [1.29, 1.82) is 0 Å². The van der Waals surface area contributed by atoms with Gasteiger partial charge in [0.2, 0.25) is 0 Å². The summed E-state index contributed by atoms with van der Waals surface area (Å²) in [7, 11) is 0. The van der Waals surface area contributed by atoms with E-state index in [9.17, 15) is 4.79 Å². The van der Waals surface area contributed by atoms with Gasteiger partial charge in [-0.2, -0.15) is 0 Å². The Bertz CT molecular complexity index is 278. The van der Waals surface area contributed by atoms with Gasteiger partial charge in [0.1, 0.15) is 0 Å². The molecule has 0 heterocycles. The number of rotatable bonds is 6. The zero-order valence-electron chi connectivity index (χ0n) is 13.1. The van der Waals surface area contributed by atoms with Crippen LogP contribution in [0.4, 0.5) is 0 Å². The molecular formula is C16H31NO2. The minimum absolute atomic E-state index is 0.156. The molecule has 3 heteroatoms. The maximum Gasteiger partial charge on any atom is 0.304 e. The summed E-state index contributed by atoms with van der Waals surface area (Å²) in [6.45, 7) is 9.84. The molecule has 0 radical (unpaired) electrons. The van der Waals surface area contributed by atoms with Crippen molar-refractivity contribution >= 4 is 5.97 Å². The van der Waals surface area contributed by atoms with E-state index in [1.807, 2.05) is 0 Å². The van der Waals surface area contributed by atoms with Crippen molar-refractivity contribution in [1.82, 2.24) is 4.90 Å². The number of aliphatic carboxylic acids is 1. The van der Waals surface area contributed by atoms with Crippen LogP contribution in [0.2, 0.25) is 0 Å². The van der Waals surface area contributed by atoms with Crippen molar-refractivity contribution in [2.75, 3.05) is 6.54 Å². The molecule has 0 aromatic rings. The van der Waals surface area contributed by atoms with Crippen LogP contribution in [0.5, 0.6) is 0 Å². The van der Waals surface area contributed by atoms with Crippen molar-refractivity contribution in [3.63, 3.8) is 0 Å². The molecule has 1 N–H and O–H groups in total. The Balaban J connectivity index is 2.58. The maximum atomic E-state index is 10.9. The van der Waals surface area contributed by atoms with Gasteiger partial charge in [-0.05, 0) is 44.6 Å². The average molecular weight is 269 g/mol. The molecule has 0 saturated heterocycles. The molecule has 0 bridgehead atoms. The zero-order chi connectivity index (χ0) is 14.4. The molecule has 3 atom stereocenters. The van der Waals surface area contributed by atoms with Crippen LogP contribution in [-0.2, 0) is 4.79 Å². The van der Waals surface area contributed by atoms with Gasteiger partial charge in [0, 0.05) is 12.1 Å². The molecule has 3 nitrogen and oxygen atoms in total. The third-order valence-electron chi connectivity index (χ3n) is 4.80. The molecule has 0 spiro atoms. The fraction of sp³-hybridized carbons (Fsp3) is 0.938. The van der Waals surface area contributed by atoms with Crippen LogP contribution in [-0.4, -0.2) is 34.6 Å². The lowest BCUT2D eigenvalue weighted by molar-refractivity contribution is -0.138. The molecule has 1 rings (SSSR count). The smallest absolute Gasteiger partial charge is 0.304 e. The highest BCUT2D eigenvalue weighted by molar-refractivity contribution is 5.67. The van der Waals surface area contributed by atoms with E-state index in [0.29, 0.717) is 6.04 Å². The largest absolute Gasteiger partial charge is 0.481 e. The lowest BCUT2D eigenvalue weighted by Gasteiger charge is -2.35. The van der Waals surface area contributed by atoms with Crippen LogP contribution in [0.25, 0.3) is 0 Å². The van der Waals surface area contributed by atoms with Gasteiger partial charge in [-0.15, -0.1) is 0 Å². The van der Waals surface area contributed by atoms with Gasteiger partial charge in [0.15, 0.2) is 0 Å². The number of carboxylic acid groups (broad SMARTS) is 1. The number of hydrogen-bond acceptors (Lipinski definition) is 2. The molecule has 1 aliphatic rings. The summed E-state index contributed by atoms with van der Waals surface area (Å²) in [5.41, 5.74) is 0. The van der Waals surface area contributed by atoms with Gasteiger partial charge < -0.3 is 5.11 Å². The molecule has 0 amide bonds. The molecule has 0 aromatic heterocycles. The van der Waals surface area contributed by atoms with E-state index < -0.39 is 5.97 Å². The lowest BCUT2D eigenvalue weighted by atomic mass is 9.89. The van der Waals surface area contributed by atoms with E-state index in [1.54, 1.807) is 0 Å². The molecule has 19 heavy (non-hydrogen) atoms. The zero-order valence-corrected chi connectivity index (χ0v) is 13.1. The highest BCUT2D eigenvalue weighted by atomic mass is 16.4. The van der Waals surface area contributed by atoms with Crippen LogP contribution in [0.15, 0.2) is 0 Å². The molecule has 112 valence electrons. The van der Waals surface area contributed by atoms with Gasteiger partial charge in [0.05, 0.1) is 6.42 Å². The van der Waals surface area contributed by atoms with Crippen molar-refractivity contribution in [2.45, 2.75) is 78.3 Å². The van der Waals surface area contributed by atoms with E-state index >= 15 is 0 Å². The molecule has 0 aromatic carbocycles. The molecule has 1 aliphatic carbocycles. The first-order valence-electron chi connectivity index (χ1n) is 7.93. The number of carboxylic acids is 1. The molecule has 1 saturated carbocycles. The Morgan fingerprint density at radius 3 is 2.42 bits per heavy atom. The fourth-order valence-corrected chi connectivity index (χ4v) is 3.61. The Morgan fingerprint density at radius 2 is 1.89 bits per heavy atom. The topological polar surface area (TPSA) is 40.5 Å². The summed E-state index contributed by atoms with van der Waals surface area (Å²) >= 11 is 0. The van der Waals surface area contributed by atoms with Crippen LogP contribution < -0.4 is 0 Å². The summed E-state index contributed by atoms with van der Waals surface area (Å²) in [5.74, 6) is 0.961. The maximum absolute atomic E-state index is 10.9. The first-order valence-corrected chi connectivity index (χ1v) is 7.93. The van der Waals surface area contributed by atoms with Gasteiger partial charge >= 0.3 is 5.97 Å². The van der Waals surface area contributed by atoms with E-state index in [2.05, 4.69) is 32.6 Å². The summed E-state index contributed by atoms with van der Waals surface area (Å²) < 4.78 is 0. The summed E-state index contributed by atoms with van der Waals surface area (Å²) in [6, 6.07) is 0.742. The second-order valence-corrected chi connectivity index (χ2v) is 6.44. The first-order chi connectivity index (χ1) is 8.95. The molecular weight excluding hydrogens is 238 g/mol. The average Bonchev–Trinajstić information content (AvgIpc) is 2.55. The van der Waals surface area contributed by atoms with Gasteiger partial charge in [0.25, 0.3) is 0 Å². The normalized spacial score (nSPS) is 26.4. The van der Waals surface area contributed by atoms with E-state index in [4.69, 9.17) is 5.11 Å². The van der Waals surface area contributed by atoms with Gasteiger partial charge in [-0.1, -0.05) is 33.6 Å². The minimum Gasteiger partial charge on any atom is -0.481 e. The van der Waals surface area contributed by atoms with E-state index in [-0.39, 0.29) is 12.5 Å². The second kappa shape index (κ2) is 7.88. The second-order valence-electron chi connectivity index (χ2n) is 6.44. The number of carbonyl (C=O) groups is 1. The van der Waals surface area contributed by atoms with Crippen LogP contribution in [0, 0.1) is 11.8 Å². The van der Waals surface area contributed by atoms with Crippen LogP contribution >= 0.6 is 0 Å². The van der Waals surface area contributed by atoms with Gasteiger partial charge in [-0.25, -0.2) is 0 Å². The summed E-state index contributed by atoms with van der Waals surface area (Å²) in [6.07, 6.45) is 6.68. The fourth-order valence-electron chi connectivity index (χ4n) is 3.61. The van der Waals surface area contributed by atoms with Crippen LogP contribution in [0.3, 0.4) is 0 Å². The Kier molecular flexibility index (Phi) is 6.84. The SMILES string of the molecule is CCN(C(C)CC(=O)O)C1CCCC(C(C)C)CC1. The highest BCUT2D eigenvalue weighted by Gasteiger charge is 2.27. The van der Waals surface area contributed by atoms with Crippen LogP contribution in [0.1, 0.15) is 66.2 Å². The Morgan fingerprint density at radius 1 is 1.21 bits per heavy atom. The van der Waals surface area contributed by atoms with Crippen molar-refractivity contribution < 1.29 is 9.90 Å². The third-order valence-corrected chi connectivity index (χ3v) is 4.80. The van der Waals surface area contributed by atoms with Crippen molar-refractivity contribution in [3.8, 4) is 0 Å². The number of nitrogens with zero attached hydrogens (tertiary/aromatic N) is 1. The van der Waals surface area contributed by atoms with E-state index in [1.165, 1.54) is 32.1 Å². The first kappa shape index (κ1) is 16.5. The van der Waals surface area contributed by atoms with Crippen molar-refractivity contribution in [2.24, 2.45) is 11.8 Å². The predicted molar refractivity (Wildman–Crippen MR) is 79.3 cm³/mol. The summed E-state index contributed by atoms with van der Waals surface area (Å²) in [5, 5.41) is 8.97. The molecule has 0 aliphatic heterocycles. The van der Waals surface area contributed by atoms with Crippen molar-refractivity contribution in [3.05, 3.63) is 0 Å². The molecule has 1 fully saturated rings. The Hall–Kier alpha value is -0.570. The van der Waals surface area contributed by atoms with Gasteiger partial charge in [-0.3, -0.25) is 9.69 Å². The summed E-state index contributed by atoms with van der Waals surface area (Å²) in [4.78, 5) is 13.3. The number of hydrogen-bond donors (Lipinski definition) is 1.